The summed E-state index contributed by atoms with van der Waals surface area (Å²) in [5, 5.41) is 2.47. The predicted octanol–water partition coefficient (Wildman–Crippen LogP) is 2.02. The maximum absolute atomic E-state index is 15.2. The number of hydrogen-bond donors (Lipinski definition) is 2. The summed E-state index contributed by atoms with van der Waals surface area (Å²) in [5.41, 5.74) is -1.72. The Bertz CT molecular complexity index is 1040. The van der Waals surface area contributed by atoms with Gasteiger partial charge in [0.05, 0.1) is 13.0 Å². The molecule has 158 valence electrons. The summed E-state index contributed by atoms with van der Waals surface area (Å²) in [6.45, 7) is 5.00. The summed E-state index contributed by atoms with van der Waals surface area (Å²) in [7, 11) is 1.22. The van der Waals surface area contributed by atoms with E-state index >= 15 is 4.39 Å². The number of carbonyl (C=O) groups excluding carboxylic acids is 2. The van der Waals surface area contributed by atoms with Gasteiger partial charge in [0, 0.05) is 13.1 Å². The molecule has 8 nitrogen and oxygen atoms in total. The number of ether oxygens (including phenoxy) is 2. The zero-order valence-electron chi connectivity index (χ0n) is 16.7. The molecule has 1 atom stereocenters. The first-order valence-corrected chi connectivity index (χ1v) is 9.19. The normalized spacial score (nSPS) is 16.0. The number of benzene rings is 1. The van der Waals surface area contributed by atoms with Crippen LogP contribution in [0.25, 0.3) is 11.0 Å². The van der Waals surface area contributed by atoms with E-state index in [1.807, 2.05) is 0 Å². The Hall–Kier alpha value is -2.91. The Morgan fingerprint density at radius 2 is 1.83 bits per heavy atom. The lowest BCUT2D eigenvalue weighted by molar-refractivity contribution is -0.145. The third kappa shape index (κ3) is 3.96. The molecule has 0 spiro atoms. The molecule has 0 fully saturated rings. The van der Waals surface area contributed by atoms with Crippen LogP contribution in [0.4, 0.5) is 13.6 Å². The van der Waals surface area contributed by atoms with E-state index < -0.39 is 40.9 Å². The molecule has 0 radical (unpaired) electrons. The van der Waals surface area contributed by atoms with Crippen LogP contribution >= 0.6 is 0 Å². The molecule has 0 bridgehead atoms. The minimum atomic E-state index is -0.751. The zero-order chi connectivity index (χ0) is 21.5. The van der Waals surface area contributed by atoms with Gasteiger partial charge >= 0.3 is 17.8 Å². The average molecular weight is 411 g/mol. The first-order valence-electron chi connectivity index (χ1n) is 9.19. The van der Waals surface area contributed by atoms with Gasteiger partial charge in [0.2, 0.25) is 0 Å². The number of methoxy groups -OCH3 is 1. The number of amides is 1. The fourth-order valence-corrected chi connectivity index (χ4v) is 3.54. The van der Waals surface area contributed by atoms with Gasteiger partial charge in [0.25, 0.3) is 0 Å². The smallest absolute Gasteiger partial charge is 0.407 e. The monoisotopic (exact) mass is 411 g/mol. The highest BCUT2D eigenvalue weighted by Crippen LogP contribution is 2.36. The number of halogens is 2. The van der Waals surface area contributed by atoms with Crippen molar-refractivity contribution < 1.29 is 27.8 Å². The number of aromatic nitrogens is 2. The number of nitrogens with zero attached hydrogens (tertiary/aromatic N) is 1. The quantitative estimate of drug-likeness (QED) is 0.750. The molecule has 1 amide bonds. The molecular weight excluding hydrogens is 388 g/mol. The lowest BCUT2D eigenvalue weighted by Crippen LogP contribution is -2.35. The summed E-state index contributed by atoms with van der Waals surface area (Å²) in [4.78, 5) is 38.1. The Morgan fingerprint density at radius 1 is 1.21 bits per heavy atom. The van der Waals surface area contributed by atoms with E-state index in [0.29, 0.717) is 0 Å². The highest BCUT2D eigenvalue weighted by Gasteiger charge is 2.35. The number of fused-ring (bicyclic) bond motifs is 2. The first kappa shape index (κ1) is 20.8. The maximum atomic E-state index is 15.2. The fourth-order valence-electron chi connectivity index (χ4n) is 3.54. The van der Waals surface area contributed by atoms with Crippen molar-refractivity contribution in [3.05, 3.63) is 33.2 Å². The number of esters is 1. The van der Waals surface area contributed by atoms with E-state index in [1.54, 1.807) is 20.8 Å². The number of aromatic amines is 1. The number of rotatable bonds is 4. The molecule has 1 aromatic heterocycles. The zero-order valence-corrected chi connectivity index (χ0v) is 16.7. The summed E-state index contributed by atoms with van der Waals surface area (Å²) < 4.78 is 40.9. The maximum Gasteiger partial charge on any atom is 0.407 e. The van der Waals surface area contributed by atoms with Crippen LogP contribution in [0.5, 0.6) is 0 Å². The van der Waals surface area contributed by atoms with Crippen LogP contribution in [-0.4, -0.2) is 40.9 Å². The number of nitrogens with one attached hydrogen (secondary N) is 2. The van der Waals surface area contributed by atoms with Crippen molar-refractivity contribution >= 4 is 23.1 Å². The molecule has 0 saturated carbocycles. The Morgan fingerprint density at radius 3 is 2.41 bits per heavy atom. The van der Waals surface area contributed by atoms with Gasteiger partial charge in [0.1, 0.15) is 16.6 Å². The van der Waals surface area contributed by atoms with Gasteiger partial charge in [-0.3, -0.25) is 9.36 Å². The number of H-pyrrole nitrogens is 1. The second-order valence-corrected chi connectivity index (χ2v) is 7.95. The van der Waals surface area contributed by atoms with E-state index in [0.717, 1.165) is 4.57 Å². The molecule has 2 N–H and O–H groups in total. The van der Waals surface area contributed by atoms with E-state index in [9.17, 15) is 18.8 Å². The van der Waals surface area contributed by atoms with Crippen LogP contribution in [0.15, 0.2) is 4.79 Å². The molecule has 3 rings (SSSR count). The van der Waals surface area contributed by atoms with Gasteiger partial charge in [0.15, 0.2) is 11.6 Å². The molecule has 1 aromatic carbocycles. The standard InChI is InChI=1S/C19H23F2N3O5/c1-19(2,3)29-18(27)22-5-6-24-15-13(21)11-8-9(16(25)28-4)7-10(11)12(20)14(15)23-17(24)26/h9H,5-8H2,1-4H3,(H,22,27)(H,23,26). The van der Waals surface area contributed by atoms with Gasteiger partial charge < -0.3 is 19.8 Å². The largest absolute Gasteiger partial charge is 0.469 e. The lowest BCUT2D eigenvalue weighted by atomic mass is 10.1. The van der Waals surface area contributed by atoms with Gasteiger partial charge in [-0.25, -0.2) is 18.4 Å². The molecule has 1 heterocycles. The first-order chi connectivity index (χ1) is 13.5. The molecule has 29 heavy (non-hydrogen) atoms. The van der Waals surface area contributed by atoms with E-state index in [1.165, 1.54) is 7.11 Å². The van der Waals surface area contributed by atoms with Crippen LogP contribution in [0.3, 0.4) is 0 Å². The van der Waals surface area contributed by atoms with Crippen molar-refractivity contribution in [1.29, 1.82) is 0 Å². The number of hydrogen-bond acceptors (Lipinski definition) is 5. The third-order valence-corrected chi connectivity index (χ3v) is 4.74. The summed E-state index contributed by atoms with van der Waals surface area (Å²) in [6.07, 6.45) is -0.677. The number of imidazole rings is 1. The Labute approximate surface area is 165 Å². The molecule has 1 aliphatic rings. The molecule has 0 saturated heterocycles. The molecular formula is C19H23F2N3O5. The minimum Gasteiger partial charge on any atom is -0.469 e. The van der Waals surface area contributed by atoms with Crippen molar-refractivity contribution in [2.24, 2.45) is 5.92 Å². The van der Waals surface area contributed by atoms with Gasteiger partial charge in [-0.15, -0.1) is 0 Å². The third-order valence-electron chi connectivity index (χ3n) is 4.74. The van der Waals surface area contributed by atoms with Gasteiger partial charge in [-0.1, -0.05) is 0 Å². The highest BCUT2D eigenvalue weighted by molar-refractivity contribution is 5.82. The van der Waals surface area contributed by atoms with Crippen molar-refractivity contribution in [2.45, 2.75) is 45.8 Å². The SMILES string of the molecule is COC(=O)C1Cc2c(c(F)c3c([nH]c(=O)n3CCNC(=O)OC(C)(C)C)c2F)C1. The molecule has 2 aromatic rings. The Kier molecular flexibility index (Phi) is 5.38. The molecule has 0 aliphatic heterocycles. The summed E-state index contributed by atoms with van der Waals surface area (Å²) in [5.74, 6) is -2.71. The van der Waals surface area contributed by atoms with Crippen LogP contribution in [-0.2, 0) is 33.7 Å². The predicted molar refractivity (Wildman–Crippen MR) is 99.6 cm³/mol. The molecule has 1 unspecified atom stereocenters. The topological polar surface area (TPSA) is 102 Å². The highest BCUT2D eigenvalue weighted by atomic mass is 19.1. The van der Waals surface area contributed by atoms with Gasteiger partial charge in [-0.05, 0) is 44.7 Å². The van der Waals surface area contributed by atoms with Crippen molar-refractivity contribution in [2.75, 3.05) is 13.7 Å². The van der Waals surface area contributed by atoms with Crippen LogP contribution in [0, 0.1) is 17.6 Å². The fraction of sp³-hybridized carbons (Fsp3) is 0.526. The summed E-state index contributed by atoms with van der Waals surface area (Å²) in [6, 6.07) is 0. The molecule has 1 aliphatic carbocycles. The van der Waals surface area contributed by atoms with Crippen molar-refractivity contribution in [1.82, 2.24) is 14.9 Å². The second kappa shape index (κ2) is 7.49. The van der Waals surface area contributed by atoms with Crippen LogP contribution < -0.4 is 11.0 Å². The van der Waals surface area contributed by atoms with Gasteiger partial charge in [-0.2, -0.15) is 0 Å². The van der Waals surface area contributed by atoms with E-state index in [2.05, 4.69) is 15.0 Å². The van der Waals surface area contributed by atoms with Crippen LogP contribution in [0.1, 0.15) is 31.9 Å². The van der Waals surface area contributed by atoms with Crippen LogP contribution in [0.2, 0.25) is 0 Å². The second-order valence-electron chi connectivity index (χ2n) is 7.95. The number of alkyl carbamates (subject to hydrolysis) is 1. The van der Waals surface area contributed by atoms with E-state index in [-0.39, 0.29) is 48.1 Å². The lowest BCUT2D eigenvalue weighted by Gasteiger charge is -2.19. The minimum absolute atomic E-state index is 0.00374. The molecule has 10 heteroatoms. The van der Waals surface area contributed by atoms with Crippen molar-refractivity contribution in [3.8, 4) is 0 Å². The number of carbonyl (C=O) groups is 2. The Balaban J connectivity index is 1.88. The average Bonchev–Trinajstić information content (AvgIpc) is 3.20. The van der Waals surface area contributed by atoms with E-state index in [4.69, 9.17) is 4.74 Å². The van der Waals surface area contributed by atoms with Crippen molar-refractivity contribution in [3.63, 3.8) is 0 Å². The summed E-state index contributed by atoms with van der Waals surface area (Å²) >= 11 is 0.